The van der Waals surface area contributed by atoms with E-state index in [1.807, 2.05) is 50.5 Å². The van der Waals surface area contributed by atoms with E-state index in [9.17, 15) is 4.79 Å². The van der Waals surface area contributed by atoms with Crippen molar-refractivity contribution in [2.45, 2.75) is 26.5 Å². The van der Waals surface area contributed by atoms with E-state index in [4.69, 9.17) is 4.74 Å². The summed E-state index contributed by atoms with van der Waals surface area (Å²) in [6.45, 7) is 0.758. The average Bonchev–Trinajstić information content (AvgIpc) is 3.47. The smallest absolute Gasteiger partial charge is 0.277 e. The van der Waals surface area contributed by atoms with Crippen LogP contribution in [0.4, 0.5) is 5.13 Å². The number of hydrogen-bond donors (Lipinski definition) is 2. The molecule has 0 radical (unpaired) electrons. The van der Waals surface area contributed by atoms with E-state index in [1.165, 1.54) is 41.2 Å². The van der Waals surface area contributed by atoms with Gasteiger partial charge in [-0.1, -0.05) is 11.8 Å². The summed E-state index contributed by atoms with van der Waals surface area (Å²) in [5, 5.41) is 11.3. The minimum Gasteiger partial charge on any atom is -0.497 e. The fourth-order valence-corrected chi connectivity index (χ4v) is 5.24. The van der Waals surface area contributed by atoms with E-state index in [2.05, 4.69) is 35.4 Å². The van der Waals surface area contributed by atoms with Gasteiger partial charge in [0, 0.05) is 27.4 Å². The number of nitrogens with one attached hydrogen (secondary N) is 2. The largest absolute Gasteiger partial charge is 0.497 e. The number of hydrogen-bond acceptors (Lipinski definition) is 10. The maximum absolute atomic E-state index is 13.2. The molecule has 0 atom stereocenters. The fraction of sp³-hybridized carbons (Fsp3) is 0.190. The number of ether oxygens (including phenoxy) is 1. The molecule has 3 heterocycles. The minimum absolute atomic E-state index is 0.310. The maximum Gasteiger partial charge on any atom is 0.277 e. The molecule has 4 aromatic rings. The van der Waals surface area contributed by atoms with Crippen LogP contribution in [0.1, 0.15) is 15.4 Å². The second kappa shape index (κ2) is 10.8. The number of benzene rings is 1. The number of carbonyl (C=O) groups is 1. The first-order valence-corrected chi connectivity index (χ1v) is 12.2. The molecule has 0 saturated heterocycles. The Balaban J connectivity index is 1.59. The lowest BCUT2D eigenvalue weighted by atomic mass is 10.3. The van der Waals surface area contributed by atoms with E-state index in [-0.39, 0.29) is 5.91 Å². The summed E-state index contributed by atoms with van der Waals surface area (Å²) in [6, 6.07) is 11.4. The summed E-state index contributed by atoms with van der Waals surface area (Å²) in [6.07, 6.45) is 3.20. The Morgan fingerprint density at radius 1 is 1.15 bits per heavy atom. The highest BCUT2D eigenvalue weighted by Gasteiger charge is 2.18. The SMILES string of the molecule is COc1ccc(Sc2ccc(Sc3ncn[nH]3)nc2C(=O)Nc2ncc(CN(C)C)s2)cc1. The van der Waals surface area contributed by atoms with Crippen molar-refractivity contribution >= 4 is 45.9 Å². The van der Waals surface area contributed by atoms with Gasteiger partial charge in [-0.15, -0.1) is 11.3 Å². The number of thiazole rings is 1. The Bertz CT molecular complexity index is 1210. The lowest BCUT2D eigenvalue weighted by molar-refractivity contribution is 0.101. The van der Waals surface area contributed by atoms with Crippen molar-refractivity contribution < 1.29 is 9.53 Å². The van der Waals surface area contributed by atoms with E-state index < -0.39 is 0 Å². The molecule has 0 aliphatic heterocycles. The molecular formula is C21H21N7O2S3. The Labute approximate surface area is 203 Å². The van der Waals surface area contributed by atoms with Crippen LogP contribution in [0.15, 0.2) is 68.9 Å². The Morgan fingerprint density at radius 2 is 1.97 bits per heavy atom. The van der Waals surface area contributed by atoms with Crippen molar-refractivity contribution in [3.63, 3.8) is 0 Å². The molecule has 9 nitrogen and oxygen atoms in total. The van der Waals surface area contributed by atoms with Crippen LogP contribution in [0.5, 0.6) is 5.75 Å². The highest BCUT2D eigenvalue weighted by Crippen LogP contribution is 2.34. The van der Waals surface area contributed by atoms with Crippen LogP contribution in [0.25, 0.3) is 0 Å². The van der Waals surface area contributed by atoms with E-state index in [1.54, 1.807) is 13.3 Å². The van der Waals surface area contributed by atoms with Crippen molar-refractivity contribution in [3.8, 4) is 5.75 Å². The fourth-order valence-electron chi connectivity index (χ4n) is 2.75. The third-order valence-corrected chi connectivity index (χ3v) is 6.96. The monoisotopic (exact) mass is 499 g/mol. The summed E-state index contributed by atoms with van der Waals surface area (Å²) in [4.78, 5) is 31.1. The molecule has 33 heavy (non-hydrogen) atoms. The second-order valence-corrected chi connectivity index (χ2v) is 10.2. The topological polar surface area (TPSA) is 109 Å². The summed E-state index contributed by atoms with van der Waals surface area (Å²) in [7, 11) is 5.60. The highest BCUT2D eigenvalue weighted by atomic mass is 32.2. The van der Waals surface area contributed by atoms with Crippen molar-refractivity contribution in [1.29, 1.82) is 0 Å². The summed E-state index contributed by atoms with van der Waals surface area (Å²) in [5.74, 6) is 0.448. The van der Waals surface area contributed by atoms with Gasteiger partial charge in [-0.2, -0.15) is 5.10 Å². The second-order valence-electron chi connectivity index (χ2n) is 6.99. The summed E-state index contributed by atoms with van der Waals surface area (Å²) < 4.78 is 5.23. The molecule has 1 amide bonds. The normalized spacial score (nSPS) is 11.0. The number of amides is 1. The molecule has 0 spiro atoms. The van der Waals surface area contributed by atoms with Gasteiger partial charge in [-0.25, -0.2) is 15.0 Å². The molecule has 0 saturated carbocycles. The molecule has 4 rings (SSSR count). The average molecular weight is 500 g/mol. The lowest BCUT2D eigenvalue weighted by Crippen LogP contribution is -2.15. The van der Waals surface area contributed by atoms with Gasteiger partial charge in [0.1, 0.15) is 22.8 Å². The highest BCUT2D eigenvalue weighted by molar-refractivity contribution is 7.99. The van der Waals surface area contributed by atoms with Gasteiger partial charge >= 0.3 is 0 Å². The van der Waals surface area contributed by atoms with Crippen LogP contribution in [-0.2, 0) is 6.54 Å². The number of anilines is 1. The first-order chi connectivity index (χ1) is 16.0. The zero-order valence-electron chi connectivity index (χ0n) is 18.1. The van der Waals surface area contributed by atoms with Gasteiger partial charge in [0.05, 0.1) is 7.11 Å². The molecule has 1 aromatic carbocycles. The van der Waals surface area contributed by atoms with Crippen LogP contribution >= 0.6 is 34.9 Å². The van der Waals surface area contributed by atoms with Gasteiger partial charge in [0.25, 0.3) is 5.91 Å². The number of methoxy groups -OCH3 is 1. The predicted molar refractivity (Wildman–Crippen MR) is 129 cm³/mol. The van der Waals surface area contributed by atoms with Crippen LogP contribution < -0.4 is 10.1 Å². The zero-order chi connectivity index (χ0) is 23.2. The van der Waals surface area contributed by atoms with Crippen LogP contribution in [0.2, 0.25) is 0 Å². The standard InChI is InChI=1S/C21H21N7O2S3/c1-28(2)11-15-10-22-20(32-15)26-19(29)18-16(31-14-6-4-13(30-3)5-7-14)8-9-17(25-18)33-21-23-12-24-27-21/h4-10,12H,11H2,1-3H3,(H,22,26,29)(H,23,24,27). The molecular weight excluding hydrogens is 478 g/mol. The molecule has 0 aliphatic carbocycles. The molecule has 2 N–H and O–H groups in total. The van der Waals surface area contributed by atoms with Crippen molar-refractivity contribution in [3.05, 3.63) is 59.5 Å². The Kier molecular flexibility index (Phi) is 7.60. The Morgan fingerprint density at radius 3 is 2.67 bits per heavy atom. The number of nitrogens with zero attached hydrogens (tertiary/aromatic N) is 5. The molecule has 170 valence electrons. The number of rotatable bonds is 9. The maximum atomic E-state index is 13.2. The summed E-state index contributed by atoms with van der Waals surface area (Å²) >= 11 is 4.20. The number of aromatic nitrogens is 5. The Hall–Kier alpha value is -2.93. The number of pyridine rings is 1. The first kappa shape index (κ1) is 23.2. The lowest BCUT2D eigenvalue weighted by Gasteiger charge is -2.10. The van der Waals surface area contributed by atoms with Crippen LogP contribution in [-0.4, -0.2) is 57.2 Å². The molecule has 0 bridgehead atoms. The van der Waals surface area contributed by atoms with E-state index in [0.29, 0.717) is 21.0 Å². The van der Waals surface area contributed by atoms with Crippen molar-refractivity contribution in [1.82, 2.24) is 30.0 Å². The molecule has 0 aliphatic rings. The van der Waals surface area contributed by atoms with Gasteiger partial charge in [-0.3, -0.25) is 15.2 Å². The van der Waals surface area contributed by atoms with Gasteiger partial charge < -0.3 is 9.64 Å². The molecule has 0 fully saturated rings. The number of carbonyl (C=O) groups excluding carboxylic acids is 1. The van der Waals surface area contributed by atoms with Crippen LogP contribution in [0, 0.1) is 0 Å². The molecule has 3 aromatic heterocycles. The number of aromatic amines is 1. The van der Waals surface area contributed by atoms with Crippen molar-refractivity contribution in [2.75, 3.05) is 26.5 Å². The third-order valence-electron chi connectivity index (χ3n) is 4.18. The van der Waals surface area contributed by atoms with E-state index in [0.717, 1.165) is 27.0 Å². The van der Waals surface area contributed by atoms with Crippen molar-refractivity contribution in [2.24, 2.45) is 0 Å². The first-order valence-electron chi connectivity index (χ1n) is 9.77. The third kappa shape index (κ3) is 6.32. The van der Waals surface area contributed by atoms with E-state index >= 15 is 0 Å². The van der Waals surface area contributed by atoms with Gasteiger partial charge in [0.15, 0.2) is 10.3 Å². The zero-order valence-corrected chi connectivity index (χ0v) is 20.6. The molecule has 12 heteroatoms. The molecule has 0 unspecified atom stereocenters. The predicted octanol–water partition coefficient (Wildman–Crippen LogP) is 4.28. The summed E-state index contributed by atoms with van der Waals surface area (Å²) in [5.41, 5.74) is 0.310. The van der Waals surface area contributed by atoms with Crippen LogP contribution in [0.3, 0.4) is 0 Å². The minimum atomic E-state index is -0.322. The quantitative estimate of drug-likeness (QED) is 0.349. The number of H-pyrrole nitrogens is 1. The van der Waals surface area contributed by atoms with Gasteiger partial charge in [0.2, 0.25) is 0 Å². The van der Waals surface area contributed by atoms with Gasteiger partial charge in [-0.05, 0) is 62.3 Å².